The highest BCUT2D eigenvalue weighted by Gasteiger charge is 2.13. The molecule has 0 aliphatic heterocycles. The lowest BCUT2D eigenvalue weighted by Crippen LogP contribution is -2.04. The van der Waals surface area contributed by atoms with E-state index in [1.54, 1.807) is 24.3 Å². The van der Waals surface area contributed by atoms with Crippen LogP contribution in [-0.2, 0) is 11.2 Å². The van der Waals surface area contributed by atoms with Crippen LogP contribution in [0, 0.1) is 0 Å². The third-order valence-corrected chi connectivity index (χ3v) is 4.10. The van der Waals surface area contributed by atoms with Crippen molar-refractivity contribution in [2.45, 2.75) is 13.0 Å². The van der Waals surface area contributed by atoms with Crippen molar-refractivity contribution in [3.8, 4) is 5.75 Å². The molecule has 0 saturated heterocycles. The molecule has 0 saturated carbocycles. The van der Waals surface area contributed by atoms with Gasteiger partial charge in [0, 0.05) is 17.7 Å². The summed E-state index contributed by atoms with van der Waals surface area (Å²) in [6, 6.07) is 16.0. The van der Waals surface area contributed by atoms with Crippen LogP contribution in [0.5, 0.6) is 5.75 Å². The number of hydrogen-bond acceptors (Lipinski definition) is 4. The van der Waals surface area contributed by atoms with E-state index in [0.29, 0.717) is 23.2 Å². The molecule has 3 rings (SSSR count). The van der Waals surface area contributed by atoms with Crippen LogP contribution in [0.15, 0.2) is 60.7 Å². The summed E-state index contributed by atoms with van der Waals surface area (Å²) in [6.45, 7) is -2.91. The Balaban J connectivity index is 1.67. The van der Waals surface area contributed by atoms with Gasteiger partial charge in [0.25, 0.3) is 0 Å². The second-order valence-corrected chi connectivity index (χ2v) is 5.99. The van der Waals surface area contributed by atoms with Crippen LogP contribution in [-0.4, -0.2) is 30.5 Å². The van der Waals surface area contributed by atoms with E-state index in [-0.39, 0.29) is 11.5 Å². The van der Waals surface area contributed by atoms with Gasteiger partial charge in [-0.25, -0.2) is 4.79 Å². The van der Waals surface area contributed by atoms with Crippen molar-refractivity contribution in [3.63, 3.8) is 0 Å². The Hall–Kier alpha value is -3.48. The maximum atomic E-state index is 12.5. The number of aromatic amines is 1. The predicted molar refractivity (Wildman–Crippen MR) is 97.9 cm³/mol. The number of rotatable bonds is 7. The number of ether oxygens (including phenoxy) is 2. The Kier molecular flexibility index (Phi) is 5.84. The molecular formula is C21H17F2NO4. The number of carbonyl (C=O) groups excluding carboxylic acids is 2. The Morgan fingerprint density at radius 2 is 1.57 bits per heavy atom. The fourth-order valence-electron chi connectivity index (χ4n) is 2.72. The lowest BCUT2D eigenvalue weighted by molar-refractivity contribution is -0.0498. The first-order valence-electron chi connectivity index (χ1n) is 8.41. The third kappa shape index (κ3) is 4.62. The summed E-state index contributed by atoms with van der Waals surface area (Å²) in [5.74, 6) is -0.658. The van der Waals surface area contributed by atoms with E-state index in [1.807, 2.05) is 12.1 Å². The Labute approximate surface area is 159 Å². The Morgan fingerprint density at radius 1 is 0.929 bits per heavy atom. The highest BCUT2D eigenvalue weighted by Crippen LogP contribution is 2.18. The average Bonchev–Trinajstić information content (AvgIpc) is 3.16. The summed E-state index contributed by atoms with van der Waals surface area (Å²) in [5, 5.41) is 0. The van der Waals surface area contributed by atoms with E-state index < -0.39 is 12.6 Å². The van der Waals surface area contributed by atoms with Gasteiger partial charge in [-0.2, -0.15) is 8.78 Å². The number of aromatic nitrogens is 1. The number of nitrogens with one attached hydrogen (secondary N) is 1. The fourth-order valence-corrected chi connectivity index (χ4v) is 2.72. The molecular weight excluding hydrogens is 368 g/mol. The summed E-state index contributed by atoms with van der Waals surface area (Å²) >= 11 is 0. The van der Waals surface area contributed by atoms with Crippen LogP contribution in [0.2, 0.25) is 0 Å². The van der Waals surface area contributed by atoms with E-state index in [1.165, 1.54) is 31.4 Å². The van der Waals surface area contributed by atoms with Crippen LogP contribution in [0.25, 0.3) is 0 Å². The first kappa shape index (κ1) is 19.3. The number of carbonyl (C=O) groups is 2. The van der Waals surface area contributed by atoms with Crippen molar-refractivity contribution in [2.75, 3.05) is 7.11 Å². The molecule has 0 fully saturated rings. The molecule has 2 aromatic carbocycles. The molecule has 144 valence electrons. The highest BCUT2D eigenvalue weighted by molar-refractivity contribution is 6.07. The molecule has 1 N–H and O–H groups in total. The van der Waals surface area contributed by atoms with Crippen LogP contribution in [0.4, 0.5) is 8.78 Å². The van der Waals surface area contributed by atoms with Crippen LogP contribution < -0.4 is 4.74 Å². The summed E-state index contributed by atoms with van der Waals surface area (Å²) in [5.41, 5.74) is 3.00. The van der Waals surface area contributed by atoms with Crippen LogP contribution in [0.3, 0.4) is 0 Å². The fraction of sp³-hybridized carbons (Fsp3) is 0.143. The minimum atomic E-state index is -2.91. The summed E-state index contributed by atoms with van der Waals surface area (Å²) in [6.07, 6.45) is 0.551. The summed E-state index contributed by atoms with van der Waals surface area (Å²) < 4.78 is 33.3. The van der Waals surface area contributed by atoms with E-state index in [9.17, 15) is 18.4 Å². The zero-order valence-electron chi connectivity index (χ0n) is 14.9. The van der Waals surface area contributed by atoms with Gasteiger partial charge in [-0.3, -0.25) is 4.79 Å². The van der Waals surface area contributed by atoms with Crippen LogP contribution >= 0.6 is 0 Å². The van der Waals surface area contributed by atoms with E-state index >= 15 is 0 Å². The first-order valence-corrected chi connectivity index (χ1v) is 8.41. The zero-order chi connectivity index (χ0) is 20.1. The molecule has 0 bridgehead atoms. The van der Waals surface area contributed by atoms with Gasteiger partial charge in [-0.15, -0.1) is 0 Å². The van der Waals surface area contributed by atoms with Crippen molar-refractivity contribution in [1.82, 2.24) is 4.98 Å². The number of benzene rings is 2. The molecule has 0 unspecified atom stereocenters. The highest BCUT2D eigenvalue weighted by atomic mass is 19.3. The van der Waals surface area contributed by atoms with Crippen LogP contribution in [0.1, 0.15) is 37.7 Å². The topological polar surface area (TPSA) is 68.4 Å². The Morgan fingerprint density at radius 3 is 2.18 bits per heavy atom. The second kappa shape index (κ2) is 8.47. The van der Waals surface area contributed by atoms with Gasteiger partial charge in [0.1, 0.15) is 5.75 Å². The minimum absolute atomic E-state index is 0.00544. The molecule has 0 amide bonds. The number of esters is 1. The number of halogens is 2. The minimum Gasteiger partial charge on any atom is -0.465 e. The maximum absolute atomic E-state index is 12.5. The smallest absolute Gasteiger partial charge is 0.387 e. The summed E-state index contributed by atoms with van der Waals surface area (Å²) in [7, 11) is 1.33. The van der Waals surface area contributed by atoms with Gasteiger partial charge in [0.05, 0.1) is 18.4 Å². The zero-order valence-corrected chi connectivity index (χ0v) is 14.9. The SMILES string of the molecule is COC(=O)c1ccc(Cc2ccc(C(=O)c3ccc(OC(F)F)cc3)[nH]2)cc1. The van der Waals surface area contributed by atoms with Gasteiger partial charge in [0.15, 0.2) is 0 Å². The summed E-state index contributed by atoms with van der Waals surface area (Å²) in [4.78, 5) is 27.0. The molecule has 0 spiro atoms. The first-order chi connectivity index (χ1) is 13.5. The molecule has 1 heterocycles. The second-order valence-electron chi connectivity index (χ2n) is 5.99. The number of H-pyrrole nitrogens is 1. The molecule has 0 aliphatic carbocycles. The molecule has 5 nitrogen and oxygen atoms in total. The third-order valence-electron chi connectivity index (χ3n) is 4.10. The van der Waals surface area contributed by atoms with E-state index in [2.05, 4.69) is 14.5 Å². The molecule has 3 aromatic rings. The van der Waals surface area contributed by atoms with Crippen molar-refractivity contribution < 1.29 is 27.8 Å². The number of methoxy groups -OCH3 is 1. The van der Waals surface area contributed by atoms with Crippen molar-refractivity contribution in [1.29, 1.82) is 0 Å². The van der Waals surface area contributed by atoms with E-state index in [0.717, 1.165) is 11.3 Å². The lowest BCUT2D eigenvalue weighted by atomic mass is 10.1. The maximum Gasteiger partial charge on any atom is 0.387 e. The quantitative estimate of drug-likeness (QED) is 0.488. The van der Waals surface area contributed by atoms with Crippen molar-refractivity contribution in [2.24, 2.45) is 0 Å². The van der Waals surface area contributed by atoms with Crippen molar-refractivity contribution in [3.05, 3.63) is 88.7 Å². The van der Waals surface area contributed by atoms with Gasteiger partial charge >= 0.3 is 12.6 Å². The molecule has 7 heteroatoms. The molecule has 28 heavy (non-hydrogen) atoms. The average molecular weight is 385 g/mol. The largest absolute Gasteiger partial charge is 0.465 e. The van der Waals surface area contributed by atoms with Gasteiger partial charge in [-0.1, -0.05) is 12.1 Å². The molecule has 1 aromatic heterocycles. The molecule has 0 atom stereocenters. The predicted octanol–water partition coefficient (Wildman–Crippen LogP) is 4.22. The number of alkyl halides is 2. The van der Waals surface area contributed by atoms with Gasteiger partial charge in [-0.05, 0) is 54.1 Å². The van der Waals surface area contributed by atoms with Gasteiger partial charge in [0.2, 0.25) is 5.78 Å². The van der Waals surface area contributed by atoms with Gasteiger partial charge < -0.3 is 14.5 Å². The Bertz CT molecular complexity index is 963. The normalized spacial score (nSPS) is 10.7. The molecule has 0 radical (unpaired) electrons. The lowest BCUT2D eigenvalue weighted by Gasteiger charge is -2.05. The standard InChI is InChI=1S/C21H17F2NO4/c1-27-20(26)15-4-2-13(3-5-15)12-16-8-11-18(24-16)19(25)14-6-9-17(10-7-14)28-21(22)23/h2-11,21,24H,12H2,1H3. The number of ketones is 1. The van der Waals surface area contributed by atoms with E-state index in [4.69, 9.17) is 0 Å². The monoisotopic (exact) mass is 385 g/mol. The van der Waals surface area contributed by atoms with Crippen molar-refractivity contribution >= 4 is 11.8 Å². The molecule has 0 aliphatic rings. The number of hydrogen-bond donors (Lipinski definition) is 1.